The lowest BCUT2D eigenvalue weighted by molar-refractivity contribution is -0.127. The highest BCUT2D eigenvalue weighted by Gasteiger charge is 2.38. The van der Waals surface area contributed by atoms with Crippen LogP contribution in [0.2, 0.25) is 0 Å². The average Bonchev–Trinajstić information content (AvgIpc) is 3.01. The van der Waals surface area contributed by atoms with Crippen molar-refractivity contribution in [2.24, 2.45) is 4.99 Å². The van der Waals surface area contributed by atoms with E-state index in [1.54, 1.807) is 17.2 Å². The van der Waals surface area contributed by atoms with E-state index < -0.39 is 18.0 Å². The van der Waals surface area contributed by atoms with Gasteiger partial charge in [0.25, 0.3) is 0 Å². The van der Waals surface area contributed by atoms with Gasteiger partial charge >= 0.3 is 0 Å². The van der Waals surface area contributed by atoms with Crippen LogP contribution in [0.25, 0.3) is 11.3 Å². The highest BCUT2D eigenvalue weighted by molar-refractivity contribution is 7.99. The SMILES string of the molecule is C=CC(=O)N1CCN(C2=NC(O)N3c4nc(c(F)cc42)-c2c(F)cccc2NC(=O)CCSc2ccnc(C(C)C)c23)CC1. The van der Waals surface area contributed by atoms with Gasteiger partial charge in [-0.15, -0.1) is 11.8 Å². The Morgan fingerprint density at radius 2 is 1.95 bits per heavy atom. The lowest BCUT2D eigenvalue weighted by Gasteiger charge is -2.41. The fourth-order valence-electron chi connectivity index (χ4n) is 5.66. The molecule has 1 atom stereocenters. The zero-order valence-electron chi connectivity index (χ0n) is 24.3. The van der Waals surface area contributed by atoms with E-state index in [4.69, 9.17) is 4.98 Å². The Labute approximate surface area is 257 Å². The topological polar surface area (TPSA) is 114 Å². The second-order valence-corrected chi connectivity index (χ2v) is 12.0. The molecule has 2 aromatic heterocycles. The first-order chi connectivity index (χ1) is 21.2. The molecule has 1 saturated heterocycles. The molecule has 0 spiro atoms. The first-order valence-corrected chi connectivity index (χ1v) is 15.3. The van der Waals surface area contributed by atoms with Crippen LogP contribution in [0.4, 0.5) is 26.0 Å². The van der Waals surface area contributed by atoms with Crippen molar-refractivity contribution in [3.05, 3.63) is 72.1 Å². The van der Waals surface area contributed by atoms with Crippen molar-refractivity contribution in [2.75, 3.05) is 42.1 Å². The summed E-state index contributed by atoms with van der Waals surface area (Å²) in [6.07, 6.45) is 1.55. The number of rotatable bonds is 2. The molecule has 1 fully saturated rings. The fraction of sp³-hybridized carbons (Fsp3) is 0.323. The Balaban J connectivity index is 1.59. The third-order valence-electron chi connectivity index (χ3n) is 7.77. The summed E-state index contributed by atoms with van der Waals surface area (Å²) in [7, 11) is 0. The van der Waals surface area contributed by atoms with E-state index in [2.05, 4.69) is 21.9 Å². The molecule has 2 amide bonds. The molecular weight excluding hydrogens is 588 g/mol. The molecule has 1 aromatic carbocycles. The Morgan fingerprint density at radius 1 is 1.18 bits per heavy atom. The summed E-state index contributed by atoms with van der Waals surface area (Å²) in [4.78, 5) is 44.8. The number of aliphatic hydroxyl groups is 1. The van der Waals surface area contributed by atoms with Gasteiger partial charge in [0.05, 0.1) is 28.2 Å². The third-order valence-corrected chi connectivity index (χ3v) is 8.82. The van der Waals surface area contributed by atoms with Crippen LogP contribution in [0.3, 0.4) is 0 Å². The number of aliphatic hydroxyl groups excluding tert-OH is 1. The number of hydrogen-bond donors (Lipinski definition) is 2. The van der Waals surface area contributed by atoms with Gasteiger partial charge in [-0.3, -0.25) is 19.5 Å². The first kappa shape index (κ1) is 29.7. The molecule has 6 rings (SSSR count). The van der Waals surface area contributed by atoms with Crippen molar-refractivity contribution >= 4 is 46.6 Å². The van der Waals surface area contributed by atoms with Crippen LogP contribution < -0.4 is 10.2 Å². The normalized spacial score (nSPS) is 18.3. The Kier molecular flexibility index (Phi) is 8.08. The van der Waals surface area contributed by atoms with E-state index in [1.807, 2.05) is 18.7 Å². The molecule has 1 unspecified atom stereocenters. The van der Waals surface area contributed by atoms with Crippen LogP contribution in [0.15, 0.2) is 59.1 Å². The van der Waals surface area contributed by atoms with Crippen LogP contribution >= 0.6 is 11.8 Å². The van der Waals surface area contributed by atoms with Gasteiger partial charge in [-0.25, -0.2) is 18.8 Å². The average molecular weight is 620 g/mol. The van der Waals surface area contributed by atoms with Crippen LogP contribution in [0.1, 0.15) is 37.4 Å². The highest BCUT2D eigenvalue weighted by Crippen LogP contribution is 2.45. The van der Waals surface area contributed by atoms with Crippen LogP contribution in [-0.2, 0) is 9.59 Å². The molecule has 0 aliphatic carbocycles. The van der Waals surface area contributed by atoms with Crippen LogP contribution in [0, 0.1) is 11.6 Å². The quantitative estimate of drug-likeness (QED) is 0.404. The van der Waals surface area contributed by atoms with Crippen LogP contribution in [-0.4, -0.2) is 80.8 Å². The van der Waals surface area contributed by atoms with Crippen molar-refractivity contribution in [3.63, 3.8) is 0 Å². The number of anilines is 3. The van der Waals surface area contributed by atoms with Gasteiger partial charge in [0, 0.05) is 49.4 Å². The number of hydrogen-bond acceptors (Lipinski definition) is 9. The molecule has 3 aromatic rings. The largest absolute Gasteiger partial charge is 0.355 e. The molecule has 3 aliphatic heterocycles. The molecule has 10 nitrogen and oxygen atoms in total. The van der Waals surface area contributed by atoms with Gasteiger partial charge in [-0.1, -0.05) is 26.5 Å². The molecule has 44 heavy (non-hydrogen) atoms. The Hall–Kier alpha value is -4.36. The van der Waals surface area contributed by atoms with Gasteiger partial charge in [-0.2, -0.15) is 0 Å². The predicted molar refractivity (Wildman–Crippen MR) is 165 cm³/mol. The molecule has 0 saturated carbocycles. The van der Waals surface area contributed by atoms with Crippen LogP contribution in [0.5, 0.6) is 0 Å². The zero-order valence-corrected chi connectivity index (χ0v) is 25.1. The predicted octanol–water partition coefficient (Wildman–Crippen LogP) is 4.48. The summed E-state index contributed by atoms with van der Waals surface area (Å²) in [6, 6.07) is 7.16. The first-order valence-electron chi connectivity index (χ1n) is 14.3. The summed E-state index contributed by atoms with van der Waals surface area (Å²) in [6.45, 7) is 9.00. The minimum absolute atomic E-state index is 0.0841. The molecule has 228 valence electrons. The van der Waals surface area contributed by atoms with Gasteiger partial charge in [0.1, 0.15) is 23.2 Å². The van der Waals surface area contributed by atoms with Crippen molar-refractivity contribution in [3.8, 4) is 11.3 Å². The summed E-state index contributed by atoms with van der Waals surface area (Å²) in [5.41, 5.74) is 1.05. The fourth-order valence-corrected chi connectivity index (χ4v) is 6.66. The number of piperazine rings is 1. The van der Waals surface area contributed by atoms with E-state index in [-0.39, 0.29) is 46.9 Å². The molecule has 3 aliphatic rings. The second-order valence-electron chi connectivity index (χ2n) is 10.9. The van der Waals surface area contributed by atoms with E-state index >= 15 is 8.78 Å². The molecule has 2 bridgehead atoms. The monoisotopic (exact) mass is 619 g/mol. The maximum absolute atomic E-state index is 16.1. The lowest BCUT2D eigenvalue weighted by atomic mass is 10.0. The maximum Gasteiger partial charge on any atom is 0.246 e. The van der Waals surface area contributed by atoms with Gasteiger partial charge in [0.15, 0.2) is 5.82 Å². The summed E-state index contributed by atoms with van der Waals surface area (Å²) < 4.78 is 31.6. The minimum atomic E-state index is -1.48. The maximum atomic E-state index is 16.1. The number of nitrogens with one attached hydrogen (secondary N) is 1. The van der Waals surface area contributed by atoms with Crippen molar-refractivity contribution in [2.45, 2.75) is 37.4 Å². The molecule has 2 N–H and O–H groups in total. The third kappa shape index (κ3) is 5.30. The standard InChI is InChI=1S/C31H31F2N7O3S/c1-4-24(42)38-11-13-39(14-12-38)29-18-16-20(33)27-25-19(32)6-5-7-21(25)35-23(41)9-15-44-22-8-10-34-26(17(2)3)28(22)40(30(18)36-27)31(43)37-29/h4-8,10,16-17,31,43H,1,9,11-15H2,2-3H3,(H,35,41). The number of amidine groups is 1. The summed E-state index contributed by atoms with van der Waals surface area (Å²) in [5, 5.41) is 14.4. The number of carbonyl (C=O) groups excluding carboxylic acids is 2. The lowest BCUT2D eigenvalue weighted by Crippen LogP contribution is -2.52. The minimum Gasteiger partial charge on any atom is -0.355 e. The van der Waals surface area contributed by atoms with Gasteiger partial charge in [0.2, 0.25) is 18.2 Å². The van der Waals surface area contributed by atoms with E-state index in [0.717, 1.165) is 4.90 Å². The number of pyridine rings is 2. The highest BCUT2D eigenvalue weighted by atomic mass is 32.2. The number of carbonyl (C=O) groups is 2. The second kappa shape index (κ2) is 12.0. The van der Waals surface area contributed by atoms with Crippen molar-refractivity contribution in [1.82, 2.24) is 19.8 Å². The zero-order chi connectivity index (χ0) is 31.1. The number of fused-ring (bicyclic) bond motifs is 5. The number of aliphatic imine (C=N–C) groups is 1. The summed E-state index contributed by atoms with van der Waals surface area (Å²) in [5.74, 6) is -1.36. The number of benzene rings is 1. The van der Waals surface area contributed by atoms with Crippen molar-refractivity contribution in [1.29, 1.82) is 0 Å². The van der Waals surface area contributed by atoms with Gasteiger partial charge < -0.3 is 20.2 Å². The smallest absolute Gasteiger partial charge is 0.246 e. The molecule has 13 heteroatoms. The molecule has 5 heterocycles. The van der Waals surface area contributed by atoms with E-state index in [1.165, 1.54) is 47.0 Å². The number of aromatic nitrogens is 2. The van der Waals surface area contributed by atoms with E-state index in [9.17, 15) is 14.7 Å². The number of halogens is 2. The number of nitrogens with zero attached hydrogens (tertiary/aromatic N) is 6. The number of thioether (sulfide) groups is 1. The summed E-state index contributed by atoms with van der Waals surface area (Å²) >= 11 is 1.41. The Morgan fingerprint density at radius 3 is 2.68 bits per heavy atom. The van der Waals surface area contributed by atoms with E-state index in [0.29, 0.717) is 54.7 Å². The molecular formula is C31H31F2N7O3S. The molecule has 0 radical (unpaired) electrons. The number of amides is 2. The Bertz CT molecular complexity index is 1690. The van der Waals surface area contributed by atoms with Crippen molar-refractivity contribution < 1.29 is 23.5 Å². The van der Waals surface area contributed by atoms with Gasteiger partial charge in [-0.05, 0) is 36.3 Å².